The Balaban J connectivity index is 1.24. The fraction of sp³-hybridized carbons (Fsp3) is 0.217. The summed E-state index contributed by atoms with van der Waals surface area (Å²) in [5, 5.41) is 4.32. The maximum absolute atomic E-state index is 13.0. The topological polar surface area (TPSA) is 106 Å². The summed E-state index contributed by atoms with van der Waals surface area (Å²) in [6.07, 6.45) is -2.78. The average molecular weight is 483 g/mol. The van der Waals surface area contributed by atoms with Gasteiger partial charge in [0.1, 0.15) is 38.0 Å². The van der Waals surface area contributed by atoms with Gasteiger partial charge in [-0.15, -0.1) is 0 Å². The van der Waals surface area contributed by atoms with Crippen molar-refractivity contribution in [2.45, 2.75) is 6.18 Å². The molecule has 0 radical (unpaired) electrons. The highest BCUT2D eigenvalue weighted by atomic mass is 19.4. The Morgan fingerprint density at radius 1 is 1.06 bits per heavy atom. The van der Waals surface area contributed by atoms with Crippen LogP contribution in [0.3, 0.4) is 0 Å². The van der Waals surface area contributed by atoms with E-state index in [-0.39, 0.29) is 12.5 Å². The second-order valence-electron chi connectivity index (χ2n) is 8.19. The molecule has 0 aliphatic carbocycles. The number of aliphatic imine (C=N–C) groups is 1. The van der Waals surface area contributed by atoms with E-state index in [0.29, 0.717) is 41.9 Å². The van der Waals surface area contributed by atoms with Crippen LogP contribution in [0.2, 0.25) is 0 Å². The van der Waals surface area contributed by atoms with Crippen LogP contribution in [0.5, 0.6) is 11.5 Å². The van der Waals surface area contributed by atoms with Crippen molar-refractivity contribution in [1.82, 2.24) is 14.6 Å². The van der Waals surface area contributed by atoms with Crippen LogP contribution in [-0.4, -0.2) is 53.1 Å². The molecule has 4 heterocycles. The number of fused-ring (bicyclic) bond motifs is 3. The molecule has 2 aliphatic rings. The fourth-order valence-electron chi connectivity index (χ4n) is 4.26. The molecule has 0 atom stereocenters. The summed E-state index contributed by atoms with van der Waals surface area (Å²) in [7, 11) is 0. The van der Waals surface area contributed by atoms with Crippen molar-refractivity contribution in [3.63, 3.8) is 0 Å². The average Bonchev–Trinajstić information content (AvgIpc) is 3.43. The number of nitrogens with zero attached hydrogens (tertiary/aromatic N) is 4. The first-order valence-electron chi connectivity index (χ1n) is 10.8. The number of benzene rings is 2. The van der Waals surface area contributed by atoms with Crippen molar-refractivity contribution >= 4 is 28.5 Å². The third kappa shape index (κ3) is 3.96. The van der Waals surface area contributed by atoms with E-state index in [0.717, 1.165) is 27.3 Å². The minimum absolute atomic E-state index is 0.159. The zero-order chi connectivity index (χ0) is 24.2. The third-order valence-corrected chi connectivity index (χ3v) is 5.78. The zero-order valence-corrected chi connectivity index (χ0v) is 18.3. The first-order chi connectivity index (χ1) is 16.8. The van der Waals surface area contributed by atoms with E-state index in [1.807, 2.05) is 36.4 Å². The van der Waals surface area contributed by atoms with E-state index >= 15 is 0 Å². The molecule has 2 aromatic heterocycles. The molecule has 0 saturated heterocycles. The Bertz CT molecular complexity index is 1400. The van der Waals surface area contributed by atoms with E-state index < -0.39 is 12.7 Å². The summed E-state index contributed by atoms with van der Waals surface area (Å²) in [4.78, 5) is 11.8. The van der Waals surface area contributed by atoms with Gasteiger partial charge in [0.2, 0.25) is 5.95 Å². The quantitative estimate of drug-likeness (QED) is 0.409. The van der Waals surface area contributed by atoms with Gasteiger partial charge in [-0.25, -0.2) is 9.98 Å². The van der Waals surface area contributed by atoms with Gasteiger partial charge >= 0.3 is 6.18 Å². The molecule has 0 spiro atoms. The van der Waals surface area contributed by atoms with Crippen LogP contribution in [0.1, 0.15) is 5.69 Å². The molecule has 0 saturated carbocycles. The molecule has 12 heteroatoms. The van der Waals surface area contributed by atoms with Gasteiger partial charge in [0, 0.05) is 29.6 Å². The molecule has 0 amide bonds. The SMILES string of the molecule is NC1=NCN(CC(F)(F)F)n2ccc(-c3ccc(Nc4nc5cc6c(cc5[nH]4)OCCO6)cc3)c21. The van der Waals surface area contributed by atoms with Crippen LogP contribution in [0.25, 0.3) is 22.2 Å². The van der Waals surface area contributed by atoms with Crippen molar-refractivity contribution in [3.8, 4) is 22.6 Å². The Morgan fingerprint density at radius 3 is 2.54 bits per heavy atom. The van der Waals surface area contributed by atoms with E-state index in [4.69, 9.17) is 15.2 Å². The second kappa shape index (κ2) is 7.86. The summed E-state index contributed by atoms with van der Waals surface area (Å²) in [5.41, 5.74) is 10.3. The molecular weight excluding hydrogens is 463 g/mol. The number of anilines is 2. The summed E-state index contributed by atoms with van der Waals surface area (Å²) in [6.45, 7) is -0.267. The number of halogens is 3. The summed E-state index contributed by atoms with van der Waals surface area (Å²) < 4.78 is 51.5. The molecule has 180 valence electrons. The fourth-order valence-corrected chi connectivity index (χ4v) is 4.26. The lowest BCUT2D eigenvalue weighted by Crippen LogP contribution is -2.47. The van der Waals surface area contributed by atoms with Crippen molar-refractivity contribution in [3.05, 3.63) is 54.4 Å². The molecule has 35 heavy (non-hydrogen) atoms. The number of alkyl halides is 3. The highest BCUT2D eigenvalue weighted by Crippen LogP contribution is 2.35. The van der Waals surface area contributed by atoms with Crippen molar-refractivity contribution in [2.24, 2.45) is 10.7 Å². The van der Waals surface area contributed by atoms with Crippen LogP contribution in [-0.2, 0) is 0 Å². The molecule has 9 nitrogen and oxygen atoms in total. The van der Waals surface area contributed by atoms with E-state index in [2.05, 4.69) is 20.3 Å². The number of amidine groups is 1. The molecule has 0 fully saturated rings. The molecule has 0 unspecified atom stereocenters. The summed E-state index contributed by atoms with van der Waals surface area (Å²) in [6, 6.07) is 12.9. The van der Waals surface area contributed by atoms with Gasteiger partial charge in [-0.3, -0.25) is 9.69 Å². The predicted molar refractivity (Wildman–Crippen MR) is 125 cm³/mol. The molecule has 2 aromatic carbocycles. The highest BCUT2D eigenvalue weighted by molar-refractivity contribution is 6.03. The Morgan fingerprint density at radius 2 is 1.80 bits per heavy atom. The van der Waals surface area contributed by atoms with Gasteiger partial charge in [-0.2, -0.15) is 13.2 Å². The van der Waals surface area contributed by atoms with Crippen LogP contribution < -0.4 is 25.5 Å². The maximum Gasteiger partial charge on any atom is 0.407 e. The number of imidazole rings is 1. The van der Waals surface area contributed by atoms with Crippen molar-refractivity contribution in [1.29, 1.82) is 0 Å². The molecule has 4 N–H and O–H groups in total. The van der Waals surface area contributed by atoms with Gasteiger partial charge in [-0.1, -0.05) is 12.1 Å². The normalized spacial score (nSPS) is 15.2. The Kier molecular flexibility index (Phi) is 4.76. The van der Waals surface area contributed by atoms with E-state index in [1.165, 1.54) is 4.68 Å². The monoisotopic (exact) mass is 483 g/mol. The van der Waals surface area contributed by atoms with Crippen LogP contribution in [0.4, 0.5) is 24.8 Å². The summed E-state index contributed by atoms with van der Waals surface area (Å²) in [5.74, 6) is 2.09. The van der Waals surface area contributed by atoms with Crippen molar-refractivity contribution in [2.75, 3.05) is 36.8 Å². The number of H-pyrrole nitrogens is 1. The van der Waals surface area contributed by atoms with E-state index in [1.54, 1.807) is 12.3 Å². The van der Waals surface area contributed by atoms with Crippen LogP contribution in [0.15, 0.2) is 53.7 Å². The Labute approximate surface area is 196 Å². The number of aromatic amines is 1. The Hall–Kier alpha value is -4.35. The number of nitrogens with two attached hydrogens (primary N) is 1. The number of aromatic nitrogens is 3. The first kappa shape index (κ1) is 21.2. The van der Waals surface area contributed by atoms with Crippen LogP contribution in [0, 0.1) is 0 Å². The molecular formula is C23H20F3N7O2. The predicted octanol–water partition coefficient (Wildman–Crippen LogP) is 3.72. The van der Waals surface area contributed by atoms with Gasteiger partial charge in [-0.05, 0) is 23.8 Å². The van der Waals surface area contributed by atoms with Gasteiger partial charge < -0.3 is 25.5 Å². The number of hydrogen-bond donors (Lipinski definition) is 3. The second-order valence-corrected chi connectivity index (χ2v) is 8.19. The minimum Gasteiger partial charge on any atom is -0.486 e. The van der Waals surface area contributed by atoms with Gasteiger partial charge in [0.05, 0.1) is 11.0 Å². The number of hydrogen-bond acceptors (Lipinski definition) is 7. The van der Waals surface area contributed by atoms with Gasteiger partial charge in [0.25, 0.3) is 0 Å². The lowest BCUT2D eigenvalue weighted by molar-refractivity contribution is -0.122. The number of ether oxygens (including phenoxy) is 2. The van der Waals surface area contributed by atoms with E-state index in [9.17, 15) is 13.2 Å². The highest BCUT2D eigenvalue weighted by Gasteiger charge is 2.33. The first-order valence-corrected chi connectivity index (χ1v) is 10.8. The number of nitrogens with one attached hydrogen (secondary N) is 2. The smallest absolute Gasteiger partial charge is 0.407 e. The molecule has 4 aromatic rings. The molecule has 2 aliphatic heterocycles. The minimum atomic E-state index is -4.35. The third-order valence-electron chi connectivity index (χ3n) is 5.78. The van der Waals surface area contributed by atoms with Gasteiger partial charge in [0.15, 0.2) is 11.5 Å². The maximum atomic E-state index is 13.0. The largest absolute Gasteiger partial charge is 0.486 e. The lowest BCUT2D eigenvalue weighted by atomic mass is 10.1. The summed E-state index contributed by atoms with van der Waals surface area (Å²) >= 11 is 0. The zero-order valence-electron chi connectivity index (χ0n) is 18.3. The van der Waals surface area contributed by atoms with Crippen LogP contribution >= 0.6 is 0 Å². The van der Waals surface area contributed by atoms with Crippen molar-refractivity contribution < 1.29 is 22.6 Å². The standard InChI is InChI=1S/C23H20F3N7O2/c24-23(25,26)11-32-12-28-21(27)20-15(5-6-33(20)32)13-1-3-14(4-2-13)29-22-30-16-9-18-19(10-17(16)31-22)35-8-7-34-18/h1-6,9-10H,7-8,11-12H2,(H2,27,28)(H2,29,30,31). The number of rotatable bonds is 4. The molecule has 6 rings (SSSR count). The lowest BCUT2D eigenvalue weighted by Gasteiger charge is -2.30. The molecule has 0 bridgehead atoms.